The fraction of sp³-hybridized carbons (Fsp3) is 0.200. The second-order valence-corrected chi connectivity index (χ2v) is 4.11. The largest absolute Gasteiger partial charge is 0.384 e. The van der Waals surface area contributed by atoms with Gasteiger partial charge in [-0.1, -0.05) is 6.07 Å². The molecule has 0 aromatic carbocycles. The molecule has 0 fully saturated rings. The molecule has 2 rings (SSSR count). The molecule has 0 aliphatic heterocycles. The van der Waals surface area contributed by atoms with E-state index in [1.807, 2.05) is 26.0 Å². The fourth-order valence-electron chi connectivity index (χ4n) is 1.40. The van der Waals surface area contributed by atoms with Crippen molar-refractivity contribution in [3.63, 3.8) is 0 Å². The Morgan fingerprint density at radius 3 is 2.60 bits per heavy atom. The summed E-state index contributed by atoms with van der Waals surface area (Å²) < 4.78 is 2.78. The summed E-state index contributed by atoms with van der Waals surface area (Å²) in [4.78, 5) is 4.22. The number of nitrogens with two attached hydrogens (primary N) is 1. The third kappa shape index (κ3) is 1.74. The summed E-state index contributed by atoms with van der Waals surface area (Å²) in [6, 6.07) is 5.49. The summed E-state index contributed by atoms with van der Waals surface area (Å²) >= 11 is 3.47. The lowest BCUT2D eigenvalue weighted by Gasteiger charge is -2.03. The molecule has 5 heteroatoms. The zero-order chi connectivity index (χ0) is 11.0. The minimum Gasteiger partial charge on any atom is -0.384 e. The van der Waals surface area contributed by atoms with Crippen molar-refractivity contribution in [1.29, 1.82) is 0 Å². The van der Waals surface area contributed by atoms with Gasteiger partial charge in [0.25, 0.3) is 0 Å². The molecule has 0 saturated heterocycles. The molecule has 0 spiro atoms. The van der Waals surface area contributed by atoms with Gasteiger partial charge in [0.1, 0.15) is 5.82 Å². The van der Waals surface area contributed by atoms with Crippen LogP contribution >= 0.6 is 15.9 Å². The highest BCUT2D eigenvalue weighted by atomic mass is 79.9. The zero-order valence-electron chi connectivity index (χ0n) is 8.53. The molecule has 0 amide bonds. The van der Waals surface area contributed by atoms with E-state index in [1.165, 1.54) is 0 Å². The van der Waals surface area contributed by atoms with Crippen LogP contribution in [0.4, 0.5) is 5.82 Å². The monoisotopic (exact) mass is 266 g/mol. The minimum absolute atomic E-state index is 0.496. The molecule has 0 saturated carbocycles. The Labute approximate surface area is 96.3 Å². The van der Waals surface area contributed by atoms with Crippen LogP contribution in [0, 0.1) is 13.8 Å². The first kappa shape index (κ1) is 10.2. The minimum atomic E-state index is 0.496. The number of aromatic nitrogens is 3. The summed E-state index contributed by atoms with van der Waals surface area (Å²) in [5.41, 5.74) is 7.59. The SMILES string of the molecule is Cc1nn(-c2cccc(N)n2)c(C)c1Br. The Kier molecular flexibility index (Phi) is 2.48. The molecule has 0 aliphatic rings. The molecule has 2 N–H and O–H groups in total. The highest BCUT2D eigenvalue weighted by Crippen LogP contribution is 2.22. The van der Waals surface area contributed by atoms with Gasteiger partial charge in [0.15, 0.2) is 5.82 Å². The topological polar surface area (TPSA) is 56.7 Å². The van der Waals surface area contributed by atoms with E-state index in [1.54, 1.807) is 10.7 Å². The van der Waals surface area contributed by atoms with Gasteiger partial charge in [0, 0.05) is 0 Å². The van der Waals surface area contributed by atoms with E-state index >= 15 is 0 Å². The van der Waals surface area contributed by atoms with Gasteiger partial charge in [-0.15, -0.1) is 0 Å². The molecular formula is C10H11BrN4. The first-order chi connectivity index (χ1) is 7.09. The zero-order valence-corrected chi connectivity index (χ0v) is 10.1. The van der Waals surface area contributed by atoms with Gasteiger partial charge in [-0.25, -0.2) is 9.67 Å². The first-order valence-corrected chi connectivity index (χ1v) is 5.33. The first-order valence-electron chi connectivity index (χ1n) is 4.54. The molecule has 2 aromatic heterocycles. The summed E-state index contributed by atoms with van der Waals surface area (Å²) in [6.07, 6.45) is 0. The molecular weight excluding hydrogens is 256 g/mol. The van der Waals surface area contributed by atoms with Crippen LogP contribution in [0.3, 0.4) is 0 Å². The highest BCUT2D eigenvalue weighted by molar-refractivity contribution is 9.10. The van der Waals surface area contributed by atoms with Crippen LogP contribution in [0.2, 0.25) is 0 Å². The van der Waals surface area contributed by atoms with Gasteiger partial charge >= 0.3 is 0 Å². The third-order valence-corrected chi connectivity index (χ3v) is 3.32. The average molecular weight is 267 g/mol. The third-order valence-electron chi connectivity index (χ3n) is 2.18. The van der Waals surface area contributed by atoms with Crippen molar-refractivity contribution in [2.45, 2.75) is 13.8 Å². The maximum Gasteiger partial charge on any atom is 0.156 e. The summed E-state index contributed by atoms with van der Waals surface area (Å²) in [7, 11) is 0. The number of nitrogens with zero attached hydrogens (tertiary/aromatic N) is 3. The van der Waals surface area contributed by atoms with Crippen LogP contribution in [0.15, 0.2) is 22.7 Å². The molecule has 2 aromatic rings. The molecule has 15 heavy (non-hydrogen) atoms. The average Bonchev–Trinajstić information content (AvgIpc) is 2.46. The van der Waals surface area contributed by atoms with Crippen molar-refractivity contribution in [2.24, 2.45) is 0 Å². The van der Waals surface area contributed by atoms with Crippen LogP contribution in [0.25, 0.3) is 5.82 Å². The highest BCUT2D eigenvalue weighted by Gasteiger charge is 2.10. The van der Waals surface area contributed by atoms with Gasteiger partial charge in [-0.05, 0) is 41.9 Å². The van der Waals surface area contributed by atoms with Crippen molar-refractivity contribution >= 4 is 21.7 Å². The molecule has 0 bridgehead atoms. The predicted octanol–water partition coefficient (Wildman–Crippen LogP) is 2.23. The lowest BCUT2D eigenvalue weighted by atomic mass is 10.4. The predicted molar refractivity (Wildman–Crippen MR) is 62.9 cm³/mol. The number of halogens is 1. The molecule has 78 valence electrons. The van der Waals surface area contributed by atoms with Crippen molar-refractivity contribution in [1.82, 2.24) is 14.8 Å². The van der Waals surface area contributed by atoms with Gasteiger partial charge in [-0.3, -0.25) is 0 Å². The summed E-state index contributed by atoms with van der Waals surface area (Å²) in [5.74, 6) is 1.23. The second-order valence-electron chi connectivity index (χ2n) is 3.32. The number of anilines is 1. The quantitative estimate of drug-likeness (QED) is 0.861. The van der Waals surface area contributed by atoms with Crippen LogP contribution in [-0.4, -0.2) is 14.8 Å². The number of hydrogen-bond acceptors (Lipinski definition) is 3. The van der Waals surface area contributed by atoms with E-state index in [2.05, 4.69) is 26.0 Å². The van der Waals surface area contributed by atoms with E-state index in [-0.39, 0.29) is 0 Å². The Hall–Kier alpha value is -1.36. The summed E-state index contributed by atoms with van der Waals surface area (Å²) in [6.45, 7) is 3.93. The molecule has 4 nitrogen and oxygen atoms in total. The van der Waals surface area contributed by atoms with Crippen molar-refractivity contribution in [3.05, 3.63) is 34.1 Å². The Morgan fingerprint density at radius 1 is 1.33 bits per heavy atom. The Bertz CT molecular complexity index is 504. The maximum atomic E-state index is 5.63. The van der Waals surface area contributed by atoms with E-state index in [9.17, 15) is 0 Å². The lowest BCUT2D eigenvalue weighted by molar-refractivity contribution is 0.807. The van der Waals surface area contributed by atoms with Gasteiger partial charge in [0.05, 0.1) is 15.9 Å². The molecule has 0 unspecified atom stereocenters. The van der Waals surface area contributed by atoms with Crippen LogP contribution in [0.5, 0.6) is 0 Å². The normalized spacial score (nSPS) is 10.6. The smallest absolute Gasteiger partial charge is 0.156 e. The van der Waals surface area contributed by atoms with Crippen LogP contribution in [-0.2, 0) is 0 Å². The lowest BCUT2D eigenvalue weighted by Crippen LogP contribution is -2.03. The van der Waals surface area contributed by atoms with E-state index in [4.69, 9.17) is 5.73 Å². The number of aryl methyl sites for hydroxylation is 1. The Balaban J connectivity index is 2.59. The Morgan fingerprint density at radius 2 is 2.07 bits per heavy atom. The number of hydrogen-bond donors (Lipinski definition) is 1. The maximum absolute atomic E-state index is 5.63. The molecule has 0 radical (unpaired) electrons. The van der Waals surface area contributed by atoms with Crippen molar-refractivity contribution in [3.8, 4) is 5.82 Å². The fourth-order valence-corrected chi connectivity index (χ4v) is 1.65. The van der Waals surface area contributed by atoms with E-state index in [0.29, 0.717) is 5.82 Å². The van der Waals surface area contributed by atoms with E-state index in [0.717, 1.165) is 21.7 Å². The molecule has 0 aliphatic carbocycles. The van der Waals surface area contributed by atoms with Crippen molar-refractivity contribution in [2.75, 3.05) is 5.73 Å². The van der Waals surface area contributed by atoms with Crippen LogP contribution in [0.1, 0.15) is 11.4 Å². The van der Waals surface area contributed by atoms with Crippen molar-refractivity contribution < 1.29 is 0 Å². The number of pyridine rings is 1. The second kappa shape index (κ2) is 3.66. The van der Waals surface area contributed by atoms with Gasteiger partial charge in [-0.2, -0.15) is 5.10 Å². The number of rotatable bonds is 1. The van der Waals surface area contributed by atoms with E-state index < -0.39 is 0 Å². The molecule has 0 atom stereocenters. The number of nitrogen functional groups attached to an aromatic ring is 1. The van der Waals surface area contributed by atoms with Gasteiger partial charge in [0.2, 0.25) is 0 Å². The standard InChI is InChI=1S/C10H11BrN4/c1-6-10(11)7(2)15(14-6)9-5-3-4-8(12)13-9/h3-5H,1-2H3,(H2,12,13). The van der Waals surface area contributed by atoms with Crippen LogP contribution < -0.4 is 5.73 Å². The molecule has 2 heterocycles. The summed E-state index contributed by atoms with van der Waals surface area (Å²) in [5, 5.41) is 4.37. The van der Waals surface area contributed by atoms with Gasteiger partial charge < -0.3 is 5.73 Å².